The number of nitrogens with zero attached hydrogens (tertiary/aromatic N) is 3. The van der Waals surface area contributed by atoms with E-state index < -0.39 is 6.04 Å². The highest BCUT2D eigenvalue weighted by molar-refractivity contribution is 5.95. The summed E-state index contributed by atoms with van der Waals surface area (Å²) >= 11 is 0. The Hall–Kier alpha value is -2.43. The minimum absolute atomic E-state index is 0.00109. The molecule has 0 unspecified atom stereocenters. The number of amides is 2. The third-order valence-corrected chi connectivity index (χ3v) is 4.07. The smallest absolute Gasteiger partial charge is 0.241 e. The van der Waals surface area contributed by atoms with Crippen LogP contribution in [0.1, 0.15) is 12.5 Å². The molecule has 0 aromatic heterocycles. The molecule has 2 amide bonds. The molecule has 1 aliphatic rings. The quantitative estimate of drug-likeness (QED) is 0.858. The van der Waals surface area contributed by atoms with Crippen molar-refractivity contribution in [1.82, 2.24) is 9.80 Å². The number of anilines is 1. The summed E-state index contributed by atoms with van der Waals surface area (Å²) in [6.45, 7) is 4.25. The van der Waals surface area contributed by atoms with Gasteiger partial charge in [0.1, 0.15) is 0 Å². The van der Waals surface area contributed by atoms with Gasteiger partial charge in [0.05, 0.1) is 37.4 Å². The predicted octanol–water partition coefficient (Wildman–Crippen LogP) is 0.676. The number of ether oxygens (including phenoxy) is 1. The van der Waals surface area contributed by atoms with Crippen molar-refractivity contribution < 1.29 is 14.3 Å². The van der Waals surface area contributed by atoms with Gasteiger partial charge in [-0.05, 0) is 38.2 Å². The molecule has 0 bridgehead atoms. The van der Waals surface area contributed by atoms with Gasteiger partial charge >= 0.3 is 0 Å². The van der Waals surface area contributed by atoms with E-state index in [0.717, 1.165) is 0 Å². The van der Waals surface area contributed by atoms with Crippen LogP contribution < -0.4 is 5.32 Å². The molecule has 1 aromatic rings. The first-order chi connectivity index (χ1) is 11.5. The summed E-state index contributed by atoms with van der Waals surface area (Å²) in [5.74, 6) is -0.198. The zero-order valence-electron chi connectivity index (χ0n) is 14.0. The second kappa shape index (κ2) is 8.43. The molecule has 1 aromatic carbocycles. The summed E-state index contributed by atoms with van der Waals surface area (Å²) in [7, 11) is 1.75. The third kappa shape index (κ3) is 4.78. The number of hydrogen-bond acceptors (Lipinski definition) is 5. The van der Waals surface area contributed by atoms with Gasteiger partial charge in [0.2, 0.25) is 11.8 Å². The van der Waals surface area contributed by atoms with Crippen molar-refractivity contribution in [3.05, 3.63) is 29.8 Å². The molecule has 1 saturated heterocycles. The third-order valence-electron chi connectivity index (χ3n) is 4.07. The number of carbonyl (C=O) groups is 2. The molecule has 1 fully saturated rings. The Kier molecular flexibility index (Phi) is 6.29. The Balaban J connectivity index is 1.86. The molecular weight excluding hydrogens is 308 g/mol. The highest BCUT2D eigenvalue weighted by atomic mass is 16.5. The highest BCUT2D eigenvalue weighted by Gasteiger charge is 2.23. The Morgan fingerprint density at radius 1 is 1.33 bits per heavy atom. The van der Waals surface area contributed by atoms with Crippen molar-refractivity contribution in [3.8, 4) is 6.07 Å². The minimum atomic E-state index is -0.453. The van der Waals surface area contributed by atoms with E-state index in [1.54, 1.807) is 48.0 Å². The first-order valence-corrected chi connectivity index (χ1v) is 7.88. The molecule has 7 heteroatoms. The first-order valence-electron chi connectivity index (χ1n) is 7.88. The summed E-state index contributed by atoms with van der Waals surface area (Å²) in [6, 6.07) is 8.23. The summed E-state index contributed by atoms with van der Waals surface area (Å²) in [5.41, 5.74) is 1.16. The number of rotatable bonds is 5. The fraction of sp³-hybridized carbons (Fsp3) is 0.471. The van der Waals surface area contributed by atoms with Gasteiger partial charge in [-0.3, -0.25) is 14.5 Å². The number of nitrogens with one attached hydrogen (secondary N) is 1. The Labute approximate surface area is 141 Å². The van der Waals surface area contributed by atoms with Gasteiger partial charge < -0.3 is 15.0 Å². The maximum atomic E-state index is 12.3. The molecular formula is C17H22N4O3. The average molecular weight is 330 g/mol. The number of benzene rings is 1. The van der Waals surface area contributed by atoms with Crippen LogP contribution >= 0.6 is 0 Å². The molecule has 1 aliphatic heterocycles. The summed E-state index contributed by atoms with van der Waals surface area (Å²) in [6.07, 6.45) is 0. The van der Waals surface area contributed by atoms with E-state index in [1.165, 1.54) is 0 Å². The molecule has 128 valence electrons. The summed E-state index contributed by atoms with van der Waals surface area (Å²) < 4.78 is 5.23. The Morgan fingerprint density at radius 3 is 2.54 bits per heavy atom. The van der Waals surface area contributed by atoms with E-state index in [0.29, 0.717) is 37.6 Å². The van der Waals surface area contributed by atoms with Crippen molar-refractivity contribution in [2.45, 2.75) is 13.0 Å². The Morgan fingerprint density at radius 2 is 1.96 bits per heavy atom. The van der Waals surface area contributed by atoms with Crippen molar-refractivity contribution in [3.63, 3.8) is 0 Å². The molecule has 0 radical (unpaired) electrons. The van der Waals surface area contributed by atoms with Crippen LogP contribution in [0.5, 0.6) is 0 Å². The molecule has 2 rings (SSSR count). The maximum absolute atomic E-state index is 12.3. The molecule has 7 nitrogen and oxygen atoms in total. The van der Waals surface area contributed by atoms with E-state index in [9.17, 15) is 9.59 Å². The number of likely N-dealkylation sites (N-methyl/N-ethyl adjacent to an activating group) is 1. The zero-order valence-corrected chi connectivity index (χ0v) is 14.0. The van der Waals surface area contributed by atoms with Crippen molar-refractivity contribution in [2.24, 2.45) is 0 Å². The van der Waals surface area contributed by atoms with Gasteiger partial charge in [0, 0.05) is 18.8 Å². The van der Waals surface area contributed by atoms with Crippen LogP contribution in [0, 0.1) is 11.3 Å². The van der Waals surface area contributed by atoms with Crippen LogP contribution in [0.4, 0.5) is 5.69 Å². The lowest BCUT2D eigenvalue weighted by atomic mass is 10.2. The second-order valence-corrected chi connectivity index (χ2v) is 5.76. The second-order valence-electron chi connectivity index (χ2n) is 5.76. The monoisotopic (exact) mass is 330 g/mol. The van der Waals surface area contributed by atoms with E-state index in [1.807, 2.05) is 6.07 Å². The van der Waals surface area contributed by atoms with Gasteiger partial charge in [0.25, 0.3) is 0 Å². The van der Waals surface area contributed by atoms with E-state index in [4.69, 9.17) is 10.00 Å². The summed E-state index contributed by atoms with van der Waals surface area (Å²) in [5, 5.41) is 11.6. The molecule has 0 aliphatic carbocycles. The number of nitriles is 1. The van der Waals surface area contributed by atoms with Crippen LogP contribution in [0.25, 0.3) is 0 Å². The van der Waals surface area contributed by atoms with Crippen molar-refractivity contribution >= 4 is 17.5 Å². The van der Waals surface area contributed by atoms with Crippen LogP contribution in [-0.2, 0) is 14.3 Å². The van der Waals surface area contributed by atoms with Crippen LogP contribution in [-0.4, -0.2) is 67.6 Å². The van der Waals surface area contributed by atoms with E-state index >= 15 is 0 Å². The van der Waals surface area contributed by atoms with Crippen LogP contribution in [0.3, 0.4) is 0 Å². The van der Waals surface area contributed by atoms with Gasteiger partial charge in [-0.15, -0.1) is 0 Å². The van der Waals surface area contributed by atoms with E-state index in [-0.39, 0.29) is 18.4 Å². The Bertz CT molecular complexity index is 618. The van der Waals surface area contributed by atoms with Gasteiger partial charge in [0.15, 0.2) is 0 Å². The fourth-order valence-electron chi connectivity index (χ4n) is 2.34. The van der Waals surface area contributed by atoms with Gasteiger partial charge in [-0.25, -0.2) is 0 Å². The first kappa shape index (κ1) is 17.9. The van der Waals surface area contributed by atoms with E-state index in [2.05, 4.69) is 5.32 Å². The molecule has 1 atom stereocenters. The summed E-state index contributed by atoms with van der Waals surface area (Å²) in [4.78, 5) is 28.0. The maximum Gasteiger partial charge on any atom is 0.241 e. The molecule has 0 saturated carbocycles. The zero-order chi connectivity index (χ0) is 17.5. The largest absolute Gasteiger partial charge is 0.378 e. The fourth-order valence-corrected chi connectivity index (χ4v) is 2.34. The average Bonchev–Trinajstić information content (AvgIpc) is 2.62. The molecule has 1 N–H and O–H groups in total. The molecule has 0 spiro atoms. The predicted molar refractivity (Wildman–Crippen MR) is 89.3 cm³/mol. The lowest BCUT2D eigenvalue weighted by molar-refractivity contribution is -0.137. The van der Waals surface area contributed by atoms with Crippen LogP contribution in [0.15, 0.2) is 24.3 Å². The van der Waals surface area contributed by atoms with Crippen LogP contribution in [0.2, 0.25) is 0 Å². The molecule has 24 heavy (non-hydrogen) atoms. The standard InChI is InChI=1S/C17H22N4O3/c1-13(17(23)19-15-5-3-14(11-18)4-6-15)20(2)12-16(22)21-7-9-24-10-8-21/h3-6,13H,7-10,12H2,1-2H3,(H,19,23)/t13-/m0/s1. The lowest BCUT2D eigenvalue weighted by Gasteiger charge is -2.30. The minimum Gasteiger partial charge on any atom is -0.378 e. The van der Waals surface area contributed by atoms with Crippen molar-refractivity contribution in [2.75, 3.05) is 45.2 Å². The number of carbonyl (C=O) groups excluding carboxylic acids is 2. The van der Waals surface area contributed by atoms with Gasteiger partial charge in [-0.1, -0.05) is 0 Å². The number of morpholine rings is 1. The number of hydrogen-bond donors (Lipinski definition) is 1. The highest BCUT2D eigenvalue weighted by Crippen LogP contribution is 2.10. The van der Waals surface area contributed by atoms with Gasteiger partial charge in [-0.2, -0.15) is 5.26 Å². The normalized spacial score (nSPS) is 15.7. The topological polar surface area (TPSA) is 85.7 Å². The molecule has 1 heterocycles. The SMILES string of the molecule is C[C@@H](C(=O)Nc1ccc(C#N)cc1)N(C)CC(=O)N1CCOCC1. The lowest BCUT2D eigenvalue weighted by Crippen LogP contribution is -2.48. The van der Waals surface area contributed by atoms with Crippen molar-refractivity contribution in [1.29, 1.82) is 5.26 Å².